The van der Waals surface area contributed by atoms with Crippen molar-refractivity contribution in [3.63, 3.8) is 0 Å². The Morgan fingerprint density at radius 1 is 1.54 bits per heavy atom. The molecule has 0 saturated carbocycles. The van der Waals surface area contributed by atoms with E-state index in [-0.39, 0.29) is 24.2 Å². The highest BCUT2D eigenvalue weighted by atomic mass is 35.5. The van der Waals surface area contributed by atoms with Gasteiger partial charge in [0.2, 0.25) is 0 Å². The standard InChI is InChI=1S/C9H12FNO.ClH/c1-2-8(11)6-3-4-9(12)7(10)5-6;/h3-5,8,12H,2,11H2,1H3;1H/t8-;/m0./s1. The van der Waals surface area contributed by atoms with Crippen molar-refractivity contribution in [3.8, 4) is 5.75 Å². The first-order valence-corrected chi connectivity index (χ1v) is 3.89. The molecule has 0 bridgehead atoms. The number of phenols is 1. The van der Waals surface area contributed by atoms with Crippen LogP contribution in [0.3, 0.4) is 0 Å². The summed E-state index contributed by atoms with van der Waals surface area (Å²) < 4.78 is 12.8. The maximum atomic E-state index is 12.8. The Balaban J connectivity index is 0.00000144. The van der Waals surface area contributed by atoms with Crippen molar-refractivity contribution in [1.82, 2.24) is 0 Å². The maximum absolute atomic E-state index is 12.8. The third kappa shape index (κ3) is 2.86. The van der Waals surface area contributed by atoms with E-state index < -0.39 is 5.82 Å². The molecule has 0 amide bonds. The van der Waals surface area contributed by atoms with E-state index in [1.807, 2.05) is 6.92 Å². The molecule has 0 aromatic heterocycles. The summed E-state index contributed by atoms with van der Waals surface area (Å²) >= 11 is 0. The molecule has 0 aliphatic rings. The van der Waals surface area contributed by atoms with E-state index in [1.165, 1.54) is 12.1 Å². The molecule has 2 nitrogen and oxygen atoms in total. The Kier molecular flexibility index (Phi) is 4.73. The molecule has 1 rings (SSSR count). The Morgan fingerprint density at radius 3 is 2.62 bits per heavy atom. The smallest absolute Gasteiger partial charge is 0.165 e. The molecule has 0 spiro atoms. The van der Waals surface area contributed by atoms with Crippen LogP contribution in [0.2, 0.25) is 0 Å². The highest BCUT2D eigenvalue weighted by Crippen LogP contribution is 2.20. The first kappa shape index (κ1) is 12.2. The predicted octanol–water partition coefficient (Wildman–Crippen LogP) is 2.36. The minimum absolute atomic E-state index is 0. The highest BCUT2D eigenvalue weighted by Gasteiger charge is 2.06. The fourth-order valence-electron chi connectivity index (χ4n) is 0.989. The summed E-state index contributed by atoms with van der Waals surface area (Å²) in [4.78, 5) is 0. The van der Waals surface area contributed by atoms with E-state index in [2.05, 4.69) is 0 Å². The van der Waals surface area contributed by atoms with Crippen molar-refractivity contribution in [1.29, 1.82) is 0 Å². The van der Waals surface area contributed by atoms with Crippen LogP contribution in [0.5, 0.6) is 5.75 Å². The highest BCUT2D eigenvalue weighted by molar-refractivity contribution is 5.85. The van der Waals surface area contributed by atoms with Gasteiger partial charge in [0.05, 0.1) is 0 Å². The van der Waals surface area contributed by atoms with Crippen LogP contribution in [0.25, 0.3) is 0 Å². The van der Waals surface area contributed by atoms with Gasteiger partial charge in [0.15, 0.2) is 11.6 Å². The van der Waals surface area contributed by atoms with Crippen molar-refractivity contribution in [2.75, 3.05) is 0 Å². The summed E-state index contributed by atoms with van der Waals surface area (Å²) in [6.07, 6.45) is 0.754. The maximum Gasteiger partial charge on any atom is 0.165 e. The Bertz CT molecular complexity index is 280. The van der Waals surface area contributed by atoms with Crippen LogP contribution in [0.1, 0.15) is 24.9 Å². The van der Waals surface area contributed by atoms with Gasteiger partial charge >= 0.3 is 0 Å². The van der Waals surface area contributed by atoms with Gasteiger partial charge in [0.1, 0.15) is 0 Å². The van der Waals surface area contributed by atoms with Crippen LogP contribution in [-0.2, 0) is 0 Å². The van der Waals surface area contributed by atoms with E-state index in [0.717, 1.165) is 6.42 Å². The van der Waals surface area contributed by atoms with Crippen LogP contribution in [-0.4, -0.2) is 5.11 Å². The molecule has 1 aromatic rings. The molecule has 1 atom stereocenters. The van der Waals surface area contributed by atoms with Gasteiger partial charge in [0, 0.05) is 6.04 Å². The van der Waals surface area contributed by atoms with Gasteiger partial charge in [-0.1, -0.05) is 13.0 Å². The number of nitrogens with two attached hydrogens (primary N) is 1. The zero-order valence-corrected chi connectivity index (χ0v) is 8.14. The van der Waals surface area contributed by atoms with Gasteiger partial charge in [-0.05, 0) is 24.1 Å². The first-order chi connectivity index (χ1) is 5.65. The number of halogens is 2. The molecule has 0 aliphatic carbocycles. The summed E-state index contributed by atoms with van der Waals surface area (Å²) in [6, 6.07) is 4.07. The van der Waals surface area contributed by atoms with E-state index in [4.69, 9.17) is 10.8 Å². The Hall–Kier alpha value is -0.800. The molecular formula is C9H13ClFNO. The second kappa shape index (κ2) is 5.04. The number of phenolic OH excluding ortho intramolecular Hbond substituents is 1. The second-order valence-electron chi connectivity index (χ2n) is 2.73. The number of benzene rings is 1. The number of aromatic hydroxyl groups is 1. The van der Waals surface area contributed by atoms with Crippen LogP contribution in [0.4, 0.5) is 4.39 Å². The first-order valence-electron chi connectivity index (χ1n) is 3.89. The van der Waals surface area contributed by atoms with Crippen LogP contribution < -0.4 is 5.73 Å². The molecular weight excluding hydrogens is 193 g/mol. The molecule has 4 heteroatoms. The fourth-order valence-corrected chi connectivity index (χ4v) is 0.989. The van der Waals surface area contributed by atoms with Gasteiger partial charge in [-0.3, -0.25) is 0 Å². The van der Waals surface area contributed by atoms with Gasteiger partial charge in [0.25, 0.3) is 0 Å². The SMILES string of the molecule is CC[C@H](N)c1ccc(O)c(F)c1.Cl. The second-order valence-corrected chi connectivity index (χ2v) is 2.73. The van der Waals surface area contributed by atoms with Crippen LogP contribution in [0.15, 0.2) is 18.2 Å². The third-order valence-corrected chi connectivity index (χ3v) is 1.84. The zero-order valence-electron chi connectivity index (χ0n) is 7.33. The van der Waals surface area contributed by atoms with Crippen LogP contribution >= 0.6 is 12.4 Å². The van der Waals surface area contributed by atoms with E-state index in [1.54, 1.807) is 6.07 Å². The molecule has 1 aromatic carbocycles. The normalized spacial score (nSPS) is 11.9. The topological polar surface area (TPSA) is 46.2 Å². The van der Waals surface area contributed by atoms with Crippen molar-refractivity contribution in [3.05, 3.63) is 29.6 Å². The molecule has 0 aliphatic heterocycles. The lowest BCUT2D eigenvalue weighted by molar-refractivity contribution is 0.431. The molecule has 0 heterocycles. The summed E-state index contributed by atoms with van der Waals surface area (Å²) in [5.41, 5.74) is 6.38. The zero-order chi connectivity index (χ0) is 9.14. The van der Waals surface area contributed by atoms with Gasteiger partial charge in [-0.2, -0.15) is 0 Å². The fraction of sp³-hybridized carbons (Fsp3) is 0.333. The van der Waals surface area contributed by atoms with E-state index in [0.29, 0.717) is 5.56 Å². The lowest BCUT2D eigenvalue weighted by atomic mass is 10.1. The van der Waals surface area contributed by atoms with Gasteiger partial charge in [-0.15, -0.1) is 12.4 Å². The lowest BCUT2D eigenvalue weighted by Gasteiger charge is -2.08. The largest absolute Gasteiger partial charge is 0.505 e. The molecule has 3 N–H and O–H groups in total. The van der Waals surface area contributed by atoms with Gasteiger partial charge in [-0.25, -0.2) is 4.39 Å². The Morgan fingerprint density at radius 2 is 2.15 bits per heavy atom. The van der Waals surface area contributed by atoms with Crippen molar-refractivity contribution in [2.24, 2.45) is 5.73 Å². The molecule has 0 saturated heterocycles. The molecule has 74 valence electrons. The Labute approximate surface area is 83.0 Å². The van der Waals surface area contributed by atoms with E-state index in [9.17, 15) is 4.39 Å². The minimum Gasteiger partial charge on any atom is -0.505 e. The van der Waals surface area contributed by atoms with E-state index >= 15 is 0 Å². The molecule has 0 unspecified atom stereocenters. The van der Waals surface area contributed by atoms with Crippen molar-refractivity contribution < 1.29 is 9.50 Å². The molecule has 0 radical (unpaired) electrons. The number of hydrogen-bond acceptors (Lipinski definition) is 2. The predicted molar refractivity (Wildman–Crippen MR) is 52.5 cm³/mol. The number of rotatable bonds is 2. The monoisotopic (exact) mass is 205 g/mol. The van der Waals surface area contributed by atoms with Crippen molar-refractivity contribution >= 4 is 12.4 Å². The third-order valence-electron chi connectivity index (χ3n) is 1.84. The average molecular weight is 206 g/mol. The van der Waals surface area contributed by atoms with Crippen LogP contribution in [0, 0.1) is 5.82 Å². The molecule has 0 fully saturated rings. The average Bonchev–Trinajstić information content (AvgIpc) is 2.08. The lowest BCUT2D eigenvalue weighted by Crippen LogP contribution is -2.08. The van der Waals surface area contributed by atoms with Crippen molar-refractivity contribution in [2.45, 2.75) is 19.4 Å². The summed E-state index contributed by atoms with van der Waals surface area (Å²) in [6.45, 7) is 1.93. The summed E-state index contributed by atoms with van der Waals surface area (Å²) in [5, 5.41) is 8.88. The minimum atomic E-state index is -0.614. The molecule has 13 heavy (non-hydrogen) atoms. The quantitative estimate of drug-likeness (QED) is 0.779. The summed E-state index contributed by atoms with van der Waals surface area (Å²) in [7, 11) is 0. The summed E-state index contributed by atoms with van der Waals surface area (Å²) in [5.74, 6) is -0.946. The van der Waals surface area contributed by atoms with Gasteiger partial charge < -0.3 is 10.8 Å². The number of hydrogen-bond donors (Lipinski definition) is 2.